The Bertz CT molecular complexity index is 1350. The molecule has 0 radical (unpaired) electrons. The average molecular weight is 577 g/mol. The summed E-state index contributed by atoms with van der Waals surface area (Å²) in [5.41, 5.74) is 0.822. The quantitative estimate of drug-likeness (QED) is 0.480. The summed E-state index contributed by atoms with van der Waals surface area (Å²) in [4.78, 5) is 51.2. The van der Waals surface area contributed by atoms with Crippen molar-refractivity contribution in [3.63, 3.8) is 0 Å². The Morgan fingerprint density at radius 2 is 2.13 bits per heavy atom. The van der Waals surface area contributed by atoms with Gasteiger partial charge in [0.1, 0.15) is 17.9 Å². The highest BCUT2D eigenvalue weighted by Crippen LogP contribution is 2.38. The summed E-state index contributed by atoms with van der Waals surface area (Å²) < 4.78 is 25.0. The molecule has 0 aliphatic carbocycles. The van der Waals surface area contributed by atoms with E-state index in [4.69, 9.17) is 26.1 Å². The fourth-order valence-electron chi connectivity index (χ4n) is 5.11. The molecule has 2 amide bonds. The second-order valence-corrected chi connectivity index (χ2v) is 10.3. The van der Waals surface area contributed by atoms with Crippen LogP contribution in [0.3, 0.4) is 0 Å². The first kappa shape index (κ1) is 27.0. The van der Waals surface area contributed by atoms with Crippen molar-refractivity contribution in [2.24, 2.45) is 4.99 Å². The van der Waals surface area contributed by atoms with Gasteiger partial charge in [-0.3, -0.25) is 14.7 Å². The van der Waals surface area contributed by atoms with E-state index < -0.39 is 35.9 Å². The van der Waals surface area contributed by atoms with Crippen LogP contribution in [0.2, 0.25) is 5.02 Å². The molecule has 2 unspecified atom stereocenters. The molecule has 0 bridgehead atoms. The molecule has 2 fully saturated rings. The molecule has 1 aromatic carbocycles. The van der Waals surface area contributed by atoms with Gasteiger partial charge in [-0.05, 0) is 13.0 Å². The number of aliphatic imine (C=N–C) groups is 1. The molecule has 39 heavy (non-hydrogen) atoms. The van der Waals surface area contributed by atoms with Crippen LogP contribution < -0.4 is 10.6 Å². The highest BCUT2D eigenvalue weighted by Gasteiger charge is 2.47. The van der Waals surface area contributed by atoms with Crippen molar-refractivity contribution in [1.82, 2.24) is 25.4 Å². The van der Waals surface area contributed by atoms with Crippen molar-refractivity contribution in [2.75, 3.05) is 39.9 Å². The molecule has 4 heterocycles. The lowest BCUT2D eigenvalue weighted by Gasteiger charge is -2.43. The van der Waals surface area contributed by atoms with E-state index in [1.165, 1.54) is 30.6 Å². The molecule has 3 atom stereocenters. The van der Waals surface area contributed by atoms with Gasteiger partial charge in [0.15, 0.2) is 10.8 Å². The number of fused-ring (bicyclic) bond motifs is 1. The predicted molar refractivity (Wildman–Crippen MR) is 141 cm³/mol. The molecule has 3 aliphatic heterocycles. The lowest BCUT2D eigenvalue weighted by molar-refractivity contribution is -0.150. The number of halogens is 2. The van der Waals surface area contributed by atoms with Crippen LogP contribution in [0.1, 0.15) is 23.5 Å². The number of amides is 2. The third-order valence-electron chi connectivity index (χ3n) is 6.85. The number of rotatable bonds is 7. The smallest absolute Gasteiger partial charge is 0.338 e. The maximum atomic E-state index is 14.5. The Labute approximate surface area is 232 Å². The van der Waals surface area contributed by atoms with Gasteiger partial charge < -0.3 is 25.0 Å². The molecule has 5 rings (SSSR count). The Morgan fingerprint density at radius 1 is 1.31 bits per heavy atom. The molecule has 3 aliphatic rings. The van der Waals surface area contributed by atoms with Gasteiger partial charge >= 0.3 is 18.0 Å². The molecule has 14 heteroatoms. The van der Waals surface area contributed by atoms with Crippen LogP contribution >= 0.6 is 22.9 Å². The van der Waals surface area contributed by atoms with Crippen LogP contribution in [0.25, 0.3) is 0 Å². The average Bonchev–Trinajstić information content (AvgIpc) is 3.60. The number of ether oxygens (including phenoxy) is 2. The van der Waals surface area contributed by atoms with Crippen molar-refractivity contribution in [2.45, 2.75) is 25.0 Å². The largest absolute Gasteiger partial charge is 0.468 e. The number of carbonyl (C=O) groups excluding carboxylic acids is 3. The highest BCUT2D eigenvalue weighted by molar-refractivity contribution is 7.11. The van der Waals surface area contributed by atoms with Gasteiger partial charge in [-0.2, -0.15) is 0 Å². The van der Waals surface area contributed by atoms with E-state index in [-0.39, 0.29) is 41.9 Å². The number of nitrogens with one attached hydrogen (secondary N) is 2. The third-order valence-corrected chi connectivity index (χ3v) is 8.02. The SMILES string of the molecule is CCOC(=O)C1=C(CN2CCN3C(=O)NCC3C2C(=O)OC)NC(c2nccs2)=N[C@H]1c1cccc(F)c1Cl. The lowest BCUT2D eigenvalue weighted by Crippen LogP contribution is -2.62. The van der Waals surface area contributed by atoms with Crippen LogP contribution in [0.5, 0.6) is 0 Å². The second-order valence-electron chi connectivity index (χ2n) is 8.98. The van der Waals surface area contributed by atoms with Crippen molar-refractivity contribution in [3.8, 4) is 0 Å². The zero-order valence-electron chi connectivity index (χ0n) is 21.1. The Morgan fingerprint density at radius 3 is 2.85 bits per heavy atom. The summed E-state index contributed by atoms with van der Waals surface area (Å²) in [6, 6.07) is 1.84. The molecule has 206 valence electrons. The molecular weight excluding hydrogens is 551 g/mol. The van der Waals surface area contributed by atoms with Gasteiger partial charge in [0, 0.05) is 49.0 Å². The van der Waals surface area contributed by atoms with Gasteiger partial charge in [-0.15, -0.1) is 11.3 Å². The number of hydrogen-bond acceptors (Lipinski definition) is 10. The van der Waals surface area contributed by atoms with Crippen molar-refractivity contribution in [3.05, 3.63) is 62.5 Å². The normalized spacial score (nSPS) is 23.1. The summed E-state index contributed by atoms with van der Waals surface area (Å²) in [5.74, 6) is -1.44. The summed E-state index contributed by atoms with van der Waals surface area (Å²) in [6.07, 6.45) is 1.62. The van der Waals surface area contributed by atoms with E-state index in [2.05, 4.69) is 15.6 Å². The summed E-state index contributed by atoms with van der Waals surface area (Å²) >= 11 is 7.71. The van der Waals surface area contributed by atoms with Crippen molar-refractivity contribution in [1.29, 1.82) is 0 Å². The minimum Gasteiger partial charge on any atom is -0.468 e. The predicted octanol–water partition coefficient (Wildman–Crippen LogP) is 2.09. The standard InChI is InChI=1S/C25H26ClFN6O5S/c1-3-38-23(34)17-15(12-32-8-9-33-16(11-29-25(33)36)20(32)24(35)37-2)30-21(22-28-7-10-39-22)31-19(17)13-5-4-6-14(27)18(13)26/h4-7,10,16,19-20H,3,8-9,11-12H2,1-2H3,(H,29,36)(H,30,31)/t16?,19-,20?/m0/s1. The zero-order valence-corrected chi connectivity index (χ0v) is 22.7. The topological polar surface area (TPSA) is 125 Å². The van der Waals surface area contributed by atoms with Gasteiger partial charge in [-0.25, -0.2) is 19.0 Å². The van der Waals surface area contributed by atoms with E-state index in [0.29, 0.717) is 29.6 Å². The number of methoxy groups -OCH3 is 1. The lowest BCUT2D eigenvalue weighted by atomic mass is 9.94. The minimum atomic E-state index is -1.00. The Balaban J connectivity index is 1.61. The number of aromatic nitrogens is 1. The zero-order chi connectivity index (χ0) is 27.7. The number of urea groups is 1. The highest BCUT2D eigenvalue weighted by atomic mass is 35.5. The maximum Gasteiger partial charge on any atom is 0.338 e. The summed E-state index contributed by atoms with van der Waals surface area (Å²) in [7, 11) is 1.29. The number of nitrogens with zero attached hydrogens (tertiary/aromatic N) is 4. The van der Waals surface area contributed by atoms with Crippen LogP contribution in [0.15, 0.2) is 46.0 Å². The monoisotopic (exact) mass is 576 g/mol. The van der Waals surface area contributed by atoms with E-state index in [1.54, 1.807) is 29.5 Å². The maximum absolute atomic E-state index is 14.5. The first-order valence-corrected chi connectivity index (χ1v) is 13.5. The van der Waals surface area contributed by atoms with E-state index in [9.17, 15) is 18.8 Å². The molecule has 0 saturated carbocycles. The fraction of sp³-hybridized carbons (Fsp3) is 0.400. The van der Waals surface area contributed by atoms with Crippen molar-refractivity contribution < 1.29 is 28.2 Å². The number of esters is 2. The number of hydrogen-bond donors (Lipinski definition) is 2. The van der Waals surface area contributed by atoms with Gasteiger partial charge in [0.25, 0.3) is 0 Å². The van der Waals surface area contributed by atoms with Crippen LogP contribution in [-0.2, 0) is 19.1 Å². The number of benzene rings is 1. The molecular formula is C25H26ClFN6O5S. The number of carbonyl (C=O) groups is 3. The van der Waals surface area contributed by atoms with Crippen LogP contribution in [0.4, 0.5) is 9.18 Å². The van der Waals surface area contributed by atoms with Gasteiger partial charge in [0.2, 0.25) is 0 Å². The van der Waals surface area contributed by atoms with Crippen LogP contribution in [-0.4, -0.2) is 90.6 Å². The van der Waals surface area contributed by atoms with E-state index in [1.807, 2.05) is 4.90 Å². The molecule has 2 saturated heterocycles. The minimum absolute atomic E-state index is 0.0836. The van der Waals surface area contributed by atoms with E-state index >= 15 is 0 Å². The Kier molecular flexibility index (Phi) is 7.82. The number of piperazine rings is 1. The first-order valence-electron chi connectivity index (χ1n) is 12.3. The molecule has 2 aromatic rings. The third kappa shape index (κ3) is 5.09. The second kappa shape index (κ2) is 11.3. The Hall–Kier alpha value is -3.55. The molecule has 0 spiro atoms. The molecule has 11 nitrogen and oxygen atoms in total. The fourth-order valence-corrected chi connectivity index (χ4v) is 5.92. The molecule has 1 aromatic heterocycles. The van der Waals surface area contributed by atoms with Crippen LogP contribution in [0, 0.1) is 5.82 Å². The number of amidine groups is 1. The first-order chi connectivity index (χ1) is 18.8. The summed E-state index contributed by atoms with van der Waals surface area (Å²) in [6.45, 7) is 2.85. The van der Waals surface area contributed by atoms with Gasteiger partial charge in [-0.1, -0.05) is 23.7 Å². The van der Waals surface area contributed by atoms with Crippen molar-refractivity contribution >= 4 is 46.7 Å². The van der Waals surface area contributed by atoms with E-state index in [0.717, 1.165) is 0 Å². The molecule has 2 N–H and O–H groups in total. The summed E-state index contributed by atoms with van der Waals surface area (Å²) in [5, 5.41) is 8.17. The van der Waals surface area contributed by atoms with Gasteiger partial charge in [0.05, 0.1) is 30.4 Å². The number of thiazole rings is 1.